The molecule has 0 atom stereocenters. The molecule has 0 saturated heterocycles. The van der Waals surface area contributed by atoms with E-state index in [0.717, 1.165) is 42.7 Å². The van der Waals surface area contributed by atoms with Crippen LogP contribution in [0.4, 0.5) is 0 Å². The molecule has 1 fully saturated rings. The Labute approximate surface area is 174 Å². The van der Waals surface area contributed by atoms with Gasteiger partial charge in [0, 0.05) is 18.9 Å². The zero-order valence-electron chi connectivity index (χ0n) is 17.7. The second kappa shape index (κ2) is 9.75. The number of methoxy groups -OCH3 is 2. The van der Waals surface area contributed by atoms with Crippen molar-refractivity contribution in [2.24, 2.45) is 5.16 Å². The Hall–Kier alpha value is -2.59. The summed E-state index contributed by atoms with van der Waals surface area (Å²) in [5.74, 6) is 1.44. The molecule has 1 aliphatic carbocycles. The van der Waals surface area contributed by atoms with Gasteiger partial charge in [0.1, 0.15) is 11.5 Å². The van der Waals surface area contributed by atoms with Gasteiger partial charge in [0.25, 0.3) is 0 Å². The molecule has 0 aromatic heterocycles. The van der Waals surface area contributed by atoms with Crippen LogP contribution in [0.15, 0.2) is 72.1 Å². The molecule has 1 aliphatic rings. The first-order valence-corrected chi connectivity index (χ1v) is 10.2. The molecule has 0 heterocycles. The number of nitrogens with zero attached hydrogens (tertiary/aromatic N) is 1. The molecule has 1 saturated carbocycles. The number of ether oxygens (including phenoxy) is 2. The van der Waals surface area contributed by atoms with Crippen molar-refractivity contribution in [2.75, 3.05) is 14.2 Å². The molecule has 154 valence electrons. The van der Waals surface area contributed by atoms with Crippen LogP contribution in [0.25, 0.3) is 0 Å². The minimum Gasteiger partial charge on any atom is -0.497 e. The fourth-order valence-corrected chi connectivity index (χ4v) is 4.20. The Balaban J connectivity index is 1.74. The first kappa shape index (κ1) is 21.1. The lowest BCUT2D eigenvalue weighted by Crippen LogP contribution is -2.40. The van der Waals surface area contributed by atoms with Gasteiger partial charge in [0.15, 0.2) is 0 Å². The van der Waals surface area contributed by atoms with Crippen LogP contribution in [0, 0.1) is 0 Å². The number of allylic oxidation sites excluding steroid dienone is 1. The molecule has 0 radical (unpaired) electrons. The third-order valence-electron chi connectivity index (χ3n) is 5.99. The van der Waals surface area contributed by atoms with E-state index in [9.17, 15) is 0 Å². The average molecular weight is 394 g/mol. The standard InChI is InChI=1S/C25H31NO3/c1-19(17-21-9-8-12-24(18-21)28-4)29-26-20(2)25(22-10-6-5-7-11-22)15-13-23(27-3)14-16-25/h5-12,18,23H,1,13-17H2,2-4H3/b26-20+. The highest BCUT2D eigenvalue weighted by Crippen LogP contribution is 2.41. The van der Waals surface area contributed by atoms with Crippen molar-refractivity contribution in [3.63, 3.8) is 0 Å². The maximum Gasteiger partial charge on any atom is 0.132 e. The van der Waals surface area contributed by atoms with Crippen LogP contribution in [-0.4, -0.2) is 26.0 Å². The van der Waals surface area contributed by atoms with Crippen LogP contribution in [0.2, 0.25) is 0 Å². The summed E-state index contributed by atoms with van der Waals surface area (Å²) >= 11 is 0. The monoisotopic (exact) mass is 393 g/mol. The summed E-state index contributed by atoms with van der Waals surface area (Å²) in [6, 6.07) is 18.5. The van der Waals surface area contributed by atoms with E-state index in [4.69, 9.17) is 14.3 Å². The average Bonchev–Trinajstić information content (AvgIpc) is 2.78. The Morgan fingerprint density at radius 2 is 1.79 bits per heavy atom. The molecule has 0 N–H and O–H groups in total. The van der Waals surface area contributed by atoms with Crippen molar-refractivity contribution in [1.29, 1.82) is 0 Å². The van der Waals surface area contributed by atoms with Crippen LogP contribution in [-0.2, 0) is 21.4 Å². The fourth-order valence-electron chi connectivity index (χ4n) is 4.20. The van der Waals surface area contributed by atoms with Crippen molar-refractivity contribution >= 4 is 5.71 Å². The molecule has 29 heavy (non-hydrogen) atoms. The molecule has 2 aromatic carbocycles. The van der Waals surface area contributed by atoms with Crippen molar-refractivity contribution < 1.29 is 14.3 Å². The Kier molecular flexibility index (Phi) is 7.10. The first-order valence-electron chi connectivity index (χ1n) is 10.2. The van der Waals surface area contributed by atoms with Gasteiger partial charge < -0.3 is 14.3 Å². The molecule has 0 unspecified atom stereocenters. The smallest absolute Gasteiger partial charge is 0.132 e. The topological polar surface area (TPSA) is 40.0 Å². The zero-order chi connectivity index (χ0) is 20.7. The second-order valence-electron chi connectivity index (χ2n) is 7.72. The van der Waals surface area contributed by atoms with Gasteiger partial charge in [-0.2, -0.15) is 0 Å². The van der Waals surface area contributed by atoms with Crippen LogP contribution >= 0.6 is 0 Å². The number of oxime groups is 1. The minimum atomic E-state index is -0.119. The highest BCUT2D eigenvalue weighted by atomic mass is 16.6. The highest BCUT2D eigenvalue weighted by Gasteiger charge is 2.40. The lowest BCUT2D eigenvalue weighted by atomic mass is 9.66. The molecule has 0 spiro atoms. The number of rotatable bonds is 8. The van der Waals surface area contributed by atoms with Crippen molar-refractivity contribution in [2.45, 2.75) is 50.5 Å². The van der Waals surface area contributed by atoms with Gasteiger partial charge in [0.05, 0.1) is 18.9 Å². The van der Waals surface area contributed by atoms with Gasteiger partial charge in [-0.3, -0.25) is 0 Å². The number of benzene rings is 2. The number of hydrogen-bond donors (Lipinski definition) is 0. The number of hydrogen-bond acceptors (Lipinski definition) is 4. The molecule has 3 rings (SSSR count). The lowest BCUT2D eigenvalue weighted by molar-refractivity contribution is 0.0582. The summed E-state index contributed by atoms with van der Waals surface area (Å²) in [6.45, 7) is 6.12. The van der Waals surface area contributed by atoms with E-state index in [0.29, 0.717) is 18.3 Å². The third kappa shape index (κ3) is 5.07. The molecule has 2 aromatic rings. The predicted octanol–water partition coefficient (Wildman–Crippen LogP) is 5.67. The summed E-state index contributed by atoms with van der Waals surface area (Å²) in [4.78, 5) is 5.76. The molecular formula is C25H31NO3. The van der Waals surface area contributed by atoms with E-state index in [2.05, 4.69) is 49.0 Å². The van der Waals surface area contributed by atoms with Crippen LogP contribution in [0.1, 0.15) is 43.7 Å². The quantitative estimate of drug-likeness (QED) is 0.329. The van der Waals surface area contributed by atoms with Gasteiger partial charge in [-0.1, -0.05) is 54.2 Å². The largest absolute Gasteiger partial charge is 0.497 e. The molecule has 0 amide bonds. The summed E-state index contributed by atoms with van der Waals surface area (Å²) < 4.78 is 10.9. The first-order chi connectivity index (χ1) is 14.1. The molecular weight excluding hydrogens is 362 g/mol. The van der Waals surface area contributed by atoms with Crippen LogP contribution in [0.5, 0.6) is 5.75 Å². The maximum absolute atomic E-state index is 5.76. The normalized spacial score (nSPS) is 22.2. The third-order valence-corrected chi connectivity index (χ3v) is 5.99. The van der Waals surface area contributed by atoms with Crippen LogP contribution < -0.4 is 4.74 Å². The molecule has 0 bridgehead atoms. The molecule has 4 heteroatoms. The van der Waals surface area contributed by atoms with Gasteiger partial charge in [-0.15, -0.1) is 0 Å². The molecule has 4 nitrogen and oxygen atoms in total. The van der Waals surface area contributed by atoms with Crippen molar-refractivity contribution in [3.05, 3.63) is 78.1 Å². The summed E-state index contributed by atoms with van der Waals surface area (Å²) in [6.07, 6.45) is 4.95. The SMILES string of the molecule is C=C(Cc1cccc(OC)c1)O/N=C(\C)C1(c2ccccc2)CCC(OC)CC1. The highest BCUT2D eigenvalue weighted by molar-refractivity contribution is 5.92. The summed E-state index contributed by atoms with van der Waals surface area (Å²) in [5, 5.41) is 4.53. The van der Waals surface area contributed by atoms with E-state index in [1.54, 1.807) is 14.2 Å². The van der Waals surface area contributed by atoms with E-state index in [-0.39, 0.29) is 5.41 Å². The second-order valence-corrected chi connectivity index (χ2v) is 7.72. The Bertz CT molecular complexity index is 836. The lowest BCUT2D eigenvalue weighted by Gasteiger charge is -2.40. The summed E-state index contributed by atoms with van der Waals surface area (Å²) in [5.41, 5.74) is 3.25. The molecule has 0 aliphatic heterocycles. The van der Waals surface area contributed by atoms with Gasteiger partial charge >= 0.3 is 0 Å². The van der Waals surface area contributed by atoms with Crippen molar-refractivity contribution in [1.82, 2.24) is 0 Å². The predicted molar refractivity (Wildman–Crippen MR) is 117 cm³/mol. The van der Waals surface area contributed by atoms with Crippen LogP contribution in [0.3, 0.4) is 0 Å². The minimum absolute atomic E-state index is 0.119. The Morgan fingerprint density at radius 1 is 1.07 bits per heavy atom. The van der Waals surface area contributed by atoms with E-state index in [1.165, 1.54) is 5.56 Å². The van der Waals surface area contributed by atoms with Gasteiger partial charge in [-0.25, -0.2) is 0 Å². The van der Waals surface area contributed by atoms with E-state index < -0.39 is 0 Å². The van der Waals surface area contributed by atoms with E-state index >= 15 is 0 Å². The summed E-state index contributed by atoms with van der Waals surface area (Å²) in [7, 11) is 3.46. The van der Waals surface area contributed by atoms with Crippen molar-refractivity contribution in [3.8, 4) is 5.75 Å². The van der Waals surface area contributed by atoms with E-state index in [1.807, 2.05) is 24.3 Å². The zero-order valence-corrected chi connectivity index (χ0v) is 17.7. The maximum atomic E-state index is 5.76. The Morgan fingerprint density at radius 3 is 2.45 bits per heavy atom. The van der Waals surface area contributed by atoms with Gasteiger partial charge in [-0.05, 0) is 55.9 Å². The fraction of sp³-hybridized carbons (Fsp3) is 0.400. The van der Waals surface area contributed by atoms with Gasteiger partial charge in [0.2, 0.25) is 0 Å².